The summed E-state index contributed by atoms with van der Waals surface area (Å²) in [6.45, 7) is 8.97. The van der Waals surface area contributed by atoms with E-state index in [4.69, 9.17) is 4.42 Å². The predicted molar refractivity (Wildman–Crippen MR) is 134 cm³/mol. The van der Waals surface area contributed by atoms with E-state index in [9.17, 15) is 0 Å². The van der Waals surface area contributed by atoms with Gasteiger partial charge in [-0.2, -0.15) is 5.10 Å². The first-order valence-corrected chi connectivity index (χ1v) is 10.4. The number of benzene rings is 1. The molecule has 0 saturated carbocycles. The summed E-state index contributed by atoms with van der Waals surface area (Å²) in [6, 6.07) is 10.2. The topological polar surface area (TPSA) is 85.6 Å². The molecule has 4 rings (SSSR count). The van der Waals surface area contributed by atoms with Gasteiger partial charge in [0.05, 0.1) is 6.26 Å². The van der Waals surface area contributed by atoms with Crippen LogP contribution in [0.15, 0.2) is 46.0 Å². The lowest BCUT2D eigenvalue weighted by Gasteiger charge is -2.38. The van der Waals surface area contributed by atoms with E-state index in [1.54, 1.807) is 6.26 Å². The van der Waals surface area contributed by atoms with Gasteiger partial charge in [0.2, 0.25) is 5.82 Å². The highest BCUT2D eigenvalue weighted by Crippen LogP contribution is 2.23. The van der Waals surface area contributed by atoms with Crippen LogP contribution in [-0.4, -0.2) is 65.8 Å². The SMILES string of the molecule is CN=C(NCCc1nc(-c2ccco2)n[nH]1)N1CCN(c2cccc(C)c2C)CC1.I. The molecule has 1 saturated heterocycles. The third-order valence-electron chi connectivity index (χ3n) is 5.63. The van der Waals surface area contributed by atoms with Crippen LogP contribution in [0.2, 0.25) is 0 Å². The Labute approximate surface area is 200 Å². The number of hydrogen-bond acceptors (Lipinski definition) is 5. The Bertz CT molecular complexity index is 991. The van der Waals surface area contributed by atoms with Crippen LogP contribution in [0, 0.1) is 13.8 Å². The fourth-order valence-corrected chi connectivity index (χ4v) is 3.79. The maximum atomic E-state index is 5.34. The molecule has 166 valence electrons. The molecule has 0 bridgehead atoms. The zero-order valence-corrected chi connectivity index (χ0v) is 20.6. The van der Waals surface area contributed by atoms with Crippen molar-refractivity contribution in [1.29, 1.82) is 0 Å². The first-order valence-electron chi connectivity index (χ1n) is 10.4. The molecule has 0 spiro atoms. The maximum absolute atomic E-state index is 5.34. The number of aryl methyl sites for hydroxylation is 1. The van der Waals surface area contributed by atoms with Gasteiger partial charge in [0.1, 0.15) is 5.82 Å². The lowest BCUT2D eigenvalue weighted by molar-refractivity contribution is 0.372. The molecule has 2 N–H and O–H groups in total. The second kappa shape index (κ2) is 10.7. The van der Waals surface area contributed by atoms with Crippen molar-refractivity contribution in [2.45, 2.75) is 20.3 Å². The van der Waals surface area contributed by atoms with Crippen molar-refractivity contribution in [3.63, 3.8) is 0 Å². The number of aliphatic imine (C=N–C) groups is 1. The van der Waals surface area contributed by atoms with Crippen molar-refractivity contribution in [3.05, 3.63) is 53.5 Å². The van der Waals surface area contributed by atoms with E-state index in [-0.39, 0.29) is 24.0 Å². The van der Waals surface area contributed by atoms with E-state index in [0.29, 0.717) is 11.6 Å². The summed E-state index contributed by atoms with van der Waals surface area (Å²) in [5, 5.41) is 10.6. The average Bonchev–Trinajstić information content (AvgIpc) is 3.45. The minimum absolute atomic E-state index is 0. The third-order valence-corrected chi connectivity index (χ3v) is 5.63. The normalized spacial score (nSPS) is 14.5. The lowest BCUT2D eigenvalue weighted by atomic mass is 10.1. The Hall–Kier alpha value is -2.56. The van der Waals surface area contributed by atoms with Crippen LogP contribution in [0.3, 0.4) is 0 Å². The Morgan fingerprint density at radius 1 is 1.16 bits per heavy atom. The van der Waals surface area contributed by atoms with Crippen LogP contribution in [0.1, 0.15) is 17.0 Å². The van der Waals surface area contributed by atoms with E-state index in [0.717, 1.165) is 50.9 Å². The zero-order valence-electron chi connectivity index (χ0n) is 18.3. The van der Waals surface area contributed by atoms with Gasteiger partial charge in [0.25, 0.3) is 0 Å². The lowest BCUT2D eigenvalue weighted by Crippen LogP contribution is -2.53. The molecule has 1 fully saturated rings. The van der Waals surface area contributed by atoms with Gasteiger partial charge in [-0.05, 0) is 43.2 Å². The summed E-state index contributed by atoms with van der Waals surface area (Å²) >= 11 is 0. The van der Waals surface area contributed by atoms with Gasteiger partial charge in [0, 0.05) is 51.9 Å². The number of rotatable bonds is 5. The number of hydrogen-bond donors (Lipinski definition) is 2. The van der Waals surface area contributed by atoms with E-state index in [1.807, 2.05) is 19.2 Å². The largest absolute Gasteiger partial charge is 0.461 e. The fraction of sp³-hybridized carbons (Fsp3) is 0.409. The number of piperazine rings is 1. The summed E-state index contributed by atoms with van der Waals surface area (Å²) in [5.74, 6) is 3.01. The van der Waals surface area contributed by atoms with Crippen molar-refractivity contribution < 1.29 is 4.42 Å². The molecule has 0 aliphatic carbocycles. The number of anilines is 1. The number of nitrogens with one attached hydrogen (secondary N) is 2. The number of nitrogens with zero attached hydrogens (tertiary/aromatic N) is 5. The zero-order chi connectivity index (χ0) is 20.9. The van der Waals surface area contributed by atoms with E-state index < -0.39 is 0 Å². The molecule has 31 heavy (non-hydrogen) atoms. The second-order valence-corrected chi connectivity index (χ2v) is 7.50. The molecule has 0 atom stereocenters. The number of aromatic nitrogens is 3. The van der Waals surface area contributed by atoms with Crippen molar-refractivity contribution in [2.75, 3.05) is 44.7 Å². The summed E-state index contributed by atoms with van der Waals surface area (Å²) < 4.78 is 5.34. The molecule has 0 radical (unpaired) electrons. The smallest absolute Gasteiger partial charge is 0.216 e. The van der Waals surface area contributed by atoms with Crippen LogP contribution in [-0.2, 0) is 6.42 Å². The van der Waals surface area contributed by atoms with Gasteiger partial charge < -0.3 is 19.5 Å². The number of halogens is 1. The first kappa shape index (κ1) is 23.1. The summed E-state index contributed by atoms with van der Waals surface area (Å²) in [4.78, 5) is 13.7. The van der Waals surface area contributed by atoms with Crippen LogP contribution >= 0.6 is 24.0 Å². The molecule has 3 heterocycles. The Morgan fingerprint density at radius 3 is 2.68 bits per heavy atom. The number of furan rings is 1. The van der Waals surface area contributed by atoms with E-state index >= 15 is 0 Å². The third kappa shape index (κ3) is 5.38. The second-order valence-electron chi connectivity index (χ2n) is 7.50. The van der Waals surface area contributed by atoms with Gasteiger partial charge in [-0.3, -0.25) is 10.1 Å². The van der Waals surface area contributed by atoms with Crippen LogP contribution in [0.4, 0.5) is 5.69 Å². The molecule has 1 aliphatic rings. The van der Waals surface area contributed by atoms with Crippen molar-refractivity contribution in [3.8, 4) is 11.6 Å². The molecule has 9 heteroatoms. The standard InChI is InChI=1S/C22H29N7O.HI/c1-16-6-4-7-18(17(16)2)28-11-13-29(14-12-28)22(23-3)24-10-9-20-25-21(27-26-20)19-8-5-15-30-19;/h4-8,15H,9-14H2,1-3H3,(H,23,24)(H,25,26,27);1H. The molecule has 3 aromatic rings. The van der Waals surface area contributed by atoms with Crippen LogP contribution in [0.5, 0.6) is 0 Å². The van der Waals surface area contributed by atoms with Gasteiger partial charge >= 0.3 is 0 Å². The Balaban J connectivity index is 0.00000272. The quantitative estimate of drug-likeness (QED) is 0.297. The number of H-pyrrole nitrogens is 1. The van der Waals surface area contributed by atoms with Crippen LogP contribution in [0.25, 0.3) is 11.6 Å². The van der Waals surface area contributed by atoms with Gasteiger partial charge in [-0.15, -0.1) is 24.0 Å². The number of aromatic amines is 1. The fourth-order valence-electron chi connectivity index (χ4n) is 3.79. The monoisotopic (exact) mass is 535 g/mol. The molecule has 1 aliphatic heterocycles. The molecular weight excluding hydrogens is 505 g/mol. The van der Waals surface area contributed by atoms with Gasteiger partial charge in [0.15, 0.2) is 11.7 Å². The average molecular weight is 535 g/mol. The van der Waals surface area contributed by atoms with Crippen molar-refractivity contribution in [1.82, 2.24) is 25.4 Å². The van der Waals surface area contributed by atoms with E-state index in [2.05, 4.69) is 67.3 Å². The number of guanidine groups is 1. The molecule has 0 amide bonds. The van der Waals surface area contributed by atoms with Gasteiger partial charge in [-0.25, -0.2) is 4.98 Å². The predicted octanol–water partition coefficient (Wildman–Crippen LogP) is 3.24. The highest BCUT2D eigenvalue weighted by Gasteiger charge is 2.21. The Morgan fingerprint density at radius 2 is 1.97 bits per heavy atom. The first-order chi connectivity index (χ1) is 14.7. The molecular formula is C22H30IN7O. The van der Waals surface area contributed by atoms with Crippen molar-refractivity contribution >= 4 is 35.6 Å². The molecule has 2 aromatic heterocycles. The van der Waals surface area contributed by atoms with Gasteiger partial charge in [-0.1, -0.05) is 12.1 Å². The molecule has 8 nitrogen and oxygen atoms in total. The minimum atomic E-state index is 0. The highest BCUT2D eigenvalue weighted by molar-refractivity contribution is 14.0. The Kier molecular flexibility index (Phi) is 7.94. The van der Waals surface area contributed by atoms with Crippen LogP contribution < -0.4 is 10.2 Å². The van der Waals surface area contributed by atoms with E-state index in [1.165, 1.54) is 16.8 Å². The maximum Gasteiger partial charge on any atom is 0.216 e. The highest BCUT2D eigenvalue weighted by atomic mass is 127. The molecule has 1 aromatic carbocycles. The summed E-state index contributed by atoms with van der Waals surface area (Å²) in [7, 11) is 1.84. The summed E-state index contributed by atoms with van der Waals surface area (Å²) in [5.41, 5.74) is 4.06. The summed E-state index contributed by atoms with van der Waals surface area (Å²) in [6.07, 6.45) is 2.35. The minimum Gasteiger partial charge on any atom is -0.461 e. The van der Waals surface area contributed by atoms with Crippen molar-refractivity contribution in [2.24, 2.45) is 4.99 Å². The molecule has 0 unspecified atom stereocenters.